The van der Waals surface area contributed by atoms with Crippen LogP contribution in [0.2, 0.25) is 0 Å². The smallest absolute Gasteiger partial charge is 0.284 e. The van der Waals surface area contributed by atoms with Crippen LogP contribution in [0.25, 0.3) is 0 Å². The van der Waals surface area contributed by atoms with Gasteiger partial charge in [-0.1, -0.05) is 42.5 Å². The van der Waals surface area contributed by atoms with Gasteiger partial charge in [0, 0.05) is 74.2 Å². The average molecular weight is 771 g/mol. The van der Waals surface area contributed by atoms with Gasteiger partial charge in [-0.3, -0.25) is 4.90 Å². The van der Waals surface area contributed by atoms with Crippen molar-refractivity contribution in [3.63, 3.8) is 0 Å². The monoisotopic (exact) mass is 770 g/mol. The SMILES string of the molecule is COC1(Cc2ccccc2C)CCN(c2ccc(/C(N)=N\S(=O)(=O)c3ccc(N[C@H](CCN4CCOCC4)CSc4ccccc4)c(N=O)c3)cc2)CC1. The van der Waals surface area contributed by atoms with E-state index in [-0.39, 0.29) is 28.1 Å². The molecule has 0 bridgehead atoms. The molecule has 0 unspecified atom stereocenters. The van der Waals surface area contributed by atoms with Gasteiger partial charge in [-0.25, -0.2) is 0 Å². The Balaban J connectivity index is 1.10. The zero-order valence-corrected chi connectivity index (χ0v) is 32.7. The predicted molar refractivity (Wildman–Crippen MR) is 219 cm³/mol. The molecule has 2 aliphatic heterocycles. The Kier molecular flexibility index (Phi) is 13.4. The summed E-state index contributed by atoms with van der Waals surface area (Å²) in [5.41, 5.74) is 10.6. The van der Waals surface area contributed by atoms with Crippen molar-refractivity contribution in [2.45, 2.75) is 54.0 Å². The molecule has 0 aliphatic carbocycles. The maximum Gasteiger partial charge on any atom is 0.284 e. The number of aryl methyl sites for hydroxylation is 1. The van der Waals surface area contributed by atoms with E-state index in [2.05, 4.69) is 68.0 Å². The summed E-state index contributed by atoms with van der Waals surface area (Å²) in [5.74, 6) is 0.604. The highest BCUT2D eigenvalue weighted by Gasteiger charge is 2.35. The largest absolute Gasteiger partial charge is 0.383 e. The van der Waals surface area contributed by atoms with Crippen LogP contribution in [0.3, 0.4) is 0 Å². The summed E-state index contributed by atoms with van der Waals surface area (Å²) in [5, 5.41) is 6.66. The van der Waals surface area contributed by atoms with Crippen LogP contribution in [0.5, 0.6) is 0 Å². The van der Waals surface area contributed by atoms with E-state index in [1.54, 1.807) is 37.1 Å². The lowest BCUT2D eigenvalue weighted by Crippen LogP contribution is -2.47. The maximum absolute atomic E-state index is 13.4. The van der Waals surface area contributed by atoms with E-state index in [0.717, 1.165) is 74.7 Å². The van der Waals surface area contributed by atoms with E-state index in [0.29, 0.717) is 24.5 Å². The maximum atomic E-state index is 13.4. The van der Waals surface area contributed by atoms with Crippen molar-refractivity contribution in [2.75, 3.05) is 69.0 Å². The van der Waals surface area contributed by atoms with Gasteiger partial charge in [-0.15, -0.1) is 21.1 Å². The van der Waals surface area contributed by atoms with Gasteiger partial charge in [-0.2, -0.15) is 8.42 Å². The first-order valence-corrected chi connectivity index (χ1v) is 20.9. The molecular weight excluding hydrogens is 721 g/mol. The number of methoxy groups -OCH3 is 1. The summed E-state index contributed by atoms with van der Waals surface area (Å²) >= 11 is 1.72. The number of piperidine rings is 1. The lowest BCUT2D eigenvalue weighted by atomic mass is 9.83. The van der Waals surface area contributed by atoms with Gasteiger partial charge in [0.1, 0.15) is 11.5 Å². The third kappa shape index (κ3) is 10.3. The minimum atomic E-state index is -4.24. The number of thioether (sulfide) groups is 1. The zero-order chi connectivity index (χ0) is 38.0. The number of sulfonamides is 1. The number of ether oxygens (including phenoxy) is 2. The number of nitrogens with zero attached hydrogens (tertiary/aromatic N) is 4. The Labute approximate surface area is 323 Å². The fourth-order valence-corrected chi connectivity index (χ4v) is 8.99. The number of morpholine rings is 1. The standard InChI is InChI=1S/C41H50N6O5S2/c1-31-8-6-7-9-33(31)29-41(51-2)19-22-47(23-20-41)35-14-12-32(13-15-35)40(42)45-54(49,50)37-16-17-38(39(28-37)44-48)43-34(18-21-46-24-26-52-27-25-46)30-53-36-10-4-3-5-11-36/h3-17,28,34,43H,18-27,29-30H2,1-2H3,(H2,42,45)/t34-/m1/s1. The molecule has 54 heavy (non-hydrogen) atoms. The Hall–Kier alpha value is -4.27. The zero-order valence-electron chi connectivity index (χ0n) is 31.0. The predicted octanol–water partition coefficient (Wildman–Crippen LogP) is 7.01. The lowest BCUT2D eigenvalue weighted by molar-refractivity contribution is -0.0290. The normalized spacial score (nSPS) is 17.2. The van der Waals surface area contributed by atoms with Gasteiger partial charge < -0.3 is 25.4 Å². The number of nitrogens with two attached hydrogens (primary N) is 1. The average Bonchev–Trinajstić information content (AvgIpc) is 3.20. The van der Waals surface area contributed by atoms with Crippen molar-refractivity contribution in [2.24, 2.45) is 15.3 Å². The molecule has 4 aromatic rings. The van der Waals surface area contributed by atoms with Crippen molar-refractivity contribution in [3.05, 3.63) is 119 Å². The number of amidine groups is 1. The van der Waals surface area contributed by atoms with E-state index < -0.39 is 10.0 Å². The van der Waals surface area contributed by atoms with Crippen molar-refractivity contribution >= 4 is 44.7 Å². The Morgan fingerprint density at radius 1 is 0.963 bits per heavy atom. The number of benzene rings is 4. The molecule has 286 valence electrons. The Bertz CT molecular complexity index is 1980. The Morgan fingerprint density at radius 2 is 1.67 bits per heavy atom. The third-order valence-electron chi connectivity index (χ3n) is 10.4. The van der Waals surface area contributed by atoms with E-state index >= 15 is 0 Å². The summed E-state index contributed by atoms with van der Waals surface area (Å²) in [6.07, 6.45) is 3.46. The first-order chi connectivity index (χ1) is 26.2. The molecule has 0 spiro atoms. The molecular formula is C41H50N6O5S2. The second-order valence-electron chi connectivity index (χ2n) is 14.0. The molecule has 2 saturated heterocycles. The van der Waals surface area contributed by atoms with Crippen LogP contribution >= 0.6 is 11.8 Å². The van der Waals surface area contributed by atoms with Crippen molar-refractivity contribution in [3.8, 4) is 0 Å². The highest BCUT2D eigenvalue weighted by atomic mass is 32.2. The molecule has 0 radical (unpaired) electrons. The lowest BCUT2D eigenvalue weighted by Gasteiger charge is -2.42. The highest BCUT2D eigenvalue weighted by Crippen LogP contribution is 2.34. The van der Waals surface area contributed by atoms with Crippen LogP contribution in [0.4, 0.5) is 17.1 Å². The van der Waals surface area contributed by atoms with Gasteiger partial charge in [0.2, 0.25) is 0 Å². The second kappa shape index (κ2) is 18.4. The molecule has 6 rings (SSSR count). The second-order valence-corrected chi connectivity index (χ2v) is 16.7. The van der Waals surface area contributed by atoms with Crippen molar-refractivity contribution in [1.82, 2.24) is 4.90 Å². The quantitative estimate of drug-likeness (QED) is 0.0530. The van der Waals surface area contributed by atoms with E-state index in [1.165, 1.54) is 23.3 Å². The van der Waals surface area contributed by atoms with Crippen molar-refractivity contribution < 1.29 is 17.9 Å². The van der Waals surface area contributed by atoms with Crippen LogP contribution in [0, 0.1) is 11.8 Å². The highest BCUT2D eigenvalue weighted by molar-refractivity contribution is 7.99. The topological polar surface area (TPSA) is 139 Å². The molecule has 0 aromatic heterocycles. The summed E-state index contributed by atoms with van der Waals surface area (Å²) in [6.45, 7) is 7.85. The molecule has 2 fully saturated rings. The Morgan fingerprint density at radius 3 is 2.35 bits per heavy atom. The van der Waals surface area contributed by atoms with Gasteiger partial charge in [0.25, 0.3) is 10.0 Å². The number of anilines is 2. The fourth-order valence-electron chi connectivity index (χ4n) is 7.02. The summed E-state index contributed by atoms with van der Waals surface area (Å²) in [4.78, 5) is 17.7. The molecule has 13 heteroatoms. The molecule has 1 atom stereocenters. The van der Waals surface area contributed by atoms with Crippen molar-refractivity contribution in [1.29, 1.82) is 0 Å². The van der Waals surface area contributed by atoms with E-state index in [1.807, 2.05) is 30.3 Å². The molecule has 0 saturated carbocycles. The molecule has 11 nitrogen and oxygen atoms in total. The van der Waals surface area contributed by atoms with E-state index in [4.69, 9.17) is 15.2 Å². The number of hydrogen-bond donors (Lipinski definition) is 2. The third-order valence-corrected chi connectivity index (χ3v) is 12.9. The molecule has 4 aromatic carbocycles. The van der Waals surface area contributed by atoms with Crippen LogP contribution in [0.1, 0.15) is 36.0 Å². The van der Waals surface area contributed by atoms with Crippen LogP contribution in [-0.4, -0.2) is 89.6 Å². The first kappa shape index (κ1) is 39.4. The molecule has 2 aliphatic rings. The fraction of sp³-hybridized carbons (Fsp3) is 0.390. The summed E-state index contributed by atoms with van der Waals surface area (Å²) < 4.78 is 42.4. The summed E-state index contributed by atoms with van der Waals surface area (Å²) in [7, 11) is -2.44. The molecule has 0 amide bonds. The van der Waals surface area contributed by atoms with Gasteiger partial charge in [0.15, 0.2) is 0 Å². The van der Waals surface area contributed by atoms with Crippen LogP contribution in [-0.2, 0) is 25.9 Å². The number of nitrogens with one attached hydrogen (secondary N) is 1. The van der Waals surface area contributed by atoms with Gasteiger partial charge in [-0.05, 0) is 97.1 Å². The van der Waals surface area contributed by atoms with Gasteiger partial charge in [0.05, 0.1) is 29.4 Å². The van der Waals surface area contributed by atoms with Crippen LogP contribution in [0.15, 0.2) is 116 Å². The first-order valence-electron chi connectivity index (χ1n) is 18.4. The minimum Gasteiger partial charge on any atom is -0.383 e. The number of rotatable bonds is 16. The molecule has 3 N–H and O–H groups in total. The molecule has 2 heterocycles. The number of hydrogen-bond acceptors (Lipinski definition) is 10. The minimum absolute atomic E-state index is 0.00629. The summed E-state index contributed by atoms with van der Waals surface area (Å²) in [6, 6.07) is 30.3. The van der Waals surface area contributed by atoms with Crippen LogP contribution < -0.4 is 16.0 Å². The van der Waals surface area contributed by atoms with Gasteiger partial charge >= 0.3 is 0 Å². The number of nitroso groups, excluding NO2 is 1. The van der Waals surface area contributed by atoms with E-state index in [9.17, 15) is 13.3 Å².